The van der Waals surface area contributed by atoms with Gasteiger partial charge in [-0.25, -0.2) is 0 Å². The first kappa shape index (κ1) is 26.2. The van der Waals surface area contributed by atoms with E-state index in [0.717, 1.165) is 62.9 Å². The number of aryl methyl sites for hydroxylation is 2. The van der Waals surface area contributed by atoms with Gasteiger partial charge in [0.15, 0.2) is 23.0 Å². The molecule has 0 N–H and O–H groups in total. The summed E-state index contributed by atoms with van der Waals surface area (Å²) >= 11 is 0. The summed E-state index contributed by atoms with van der Waals surface area (Å²) in [6.07, 6.45) is 5.78. The third-order valence-electron chi connectivity index (χ3n) is 4.97. The fraction of sp³-hybridized carbons (Fsp3) is 0.462. The van der Waals surface area contributed by atoms with Crippen LogP contribution in [0.3, 0.4) is 0 Å². The van der Waals surface area contributed by atoms with Crippen LogP contribution in [0.5, 0.6) is 23.0 Å². The van der Waals surface area contributed by atoms with Crippen LogP contribution < -0.4 is 18.9 Å². The maximum Gasteiger partial charge on any atom is 0.308 e. The molecule has 2 aromatic rings. The zero-order valence-electron chi connectivity index (χ0n) is 20.0. The minimum absolute atomic E-state index is 0.366. The molecule has 0 unspecified atom stereocenters. The molecule has 7 heteroatoms. The van der Waals surface area contributed by atoms with Crippen molar-refractivity contribution in [3.8, 4) is 23.0 Å². The van der Waals surface area contributed by atoms with E-state index < -0.39 is 0 Å². The van der Waals surface area contributed by atoms with E-state index >= 15 is 0 Å². The molecule has 2 rings (SSSR count). The molecule has 2 aromatic carbocycles. The average molecular weight is 459 g/mol. The molecule has 0 saturated carbocycles. The van der Waals surface area contributed by atoms with E-state index in [0.29, 0.717) is 23.0 Å². The van der Waals surface area contributed by atoms with Crippen LogP contribution >= 0.6 is 0 Å². The van der Waals surface area contributed by atoms with Gasteiger partial charge >= 0.3 is 11.9 Å². The van der Waals surface area contributed by atoms with Crippen LogP contribution in [0, 0.1) is 0 Å². The van der Waals surface area contributed by atoms with Gasteiger partial charge in [-0.2, -0.15) is 0 Å². The Bertz CT molecular complexity index is 834. The van der Waals surface area contributed by atoms with Gasteiger partial charge in [-0.3, -0.25) is 9.59 Å². The van der Waals surface area contributed by atoms with Crippen molar-refractivity contribution in [1.82, 2.24) is 0 Å². The first-order valence-corrected chi connectivity index (χ1v) is 11.2. The zero-order valence-corrected chi connectivity index (χ0v) is 20.0. The van der Waals surface area contributed by atoms with Gasteiger partial charge in [0.05, 0.1) is 14.2 Å². The molecule has 0 aromatic heterocycles. The van der Waals surface area contributed by atoms with Gasteiger partial charge in [-0.05, 0) is 73.9 Å². The minimum Gasteiger partial charge on any atom is -0.493 e. The third-order valence-corrected chi connectivity index (χ3v) is 4.97. The van der Waals surface area contributed by atoms with Crippen LogP contribution in [0.25, 0.3) is 0 Å². The van der Waals surface area contributed by atoms with E-state index in [1.54, 1.807) is 26.4 Å². The molecule has 0 fully saturated rings. The first-order valence-electron chi connectivity index (χ1n) is 11.2. The van der Waals surface area contributed by atoms with Gasteiger partial charge in [0.2, 0.25) is 0 Å². The molecular formula is C26H34O7. The molecule has 33 heavy (non-hydrogen) atoms. The molecule has 0 amide bonds. The number of methoxy groups -OCH3 is 2. The highest BCUT2D eigenvalue weighted by atomic mass is 16.6. The van der Waals surface area contributed by atoms with E-state index in [9.17, 15) is 9.59 Å². The van der Waals surface area contributed by atoms with E-state index in [1.807, 2.05) is 24.3 Å². The molecular weight excluding hydrogens is 424 g/mol. The van der Waals surface area contributed by atoms with Crippen LogP contribution in [0.2, 0.25) is 0 Å². The van der Waals surface area contributed by atoms with Gasteiger partial charge in [0.1, 0.15) is 0 Å². The largest absolute Gasteiger partial charge is 0.493 e. The summed E-state index contributed by atoms with van der Waals surface area (Å²) in [7, 11) is 3.13. The monoisotopic (exact) mass is 458 g/mol. The summed E-state index contributed by atoms with van der Waals surface area (Å²) in [6.45, 7) is 4.20. The van der Waals surface area contributed by atoms with Gasteiger partial charge in [0.25, 0.3) is 0 Å². The van der Waals surface area contributed by atoms with Crippen molar-refractivity contribution in [3.05, 3.63) is 47.5 Å². The van der Waals surface area contributed by atoms with Crippen molar-refractivity contribution in [3.63, 3.8) is 0 Å². The van der Waals surface area contributed by atoms with Crippen molar-refractivity contribution < 1.29 is 33.3 Å². The van der Waals surface area contributed by atoms with Crippen molar-refractivity contribution in [1.29, 1.82) is 0 Å². The molecule has 0 heterocycles. The summed E-state index contributed by atoms with van der Waals surface area (Å²) in [4.78, 5) is 22.3. The summed E-state index contributed by atoms with van der Waals surface area (Å²) in [5.74, 6) is 1.28. The maximum absolute atomic E-state index is 11.1. The second kappa shape index (κ2) is 14.2. The zero-order chi connectivity index (χ0) is 24.1. The lowest BCUT2D eigenvalue weighted by Crippen LogP contribution is -2.03. The predicted octanol–water partition coefficient (Wildman–Crippen LogP) is 4.92. The second-order valence-corrected chi connectivity index (χ2v) is 7.68. The highest BCUT2D eigenvalue weighted by molar-refractivity contribution is 5.71. The molecule has 0 radical (unpaired) electrons. The van der Waals surface area contributed by atoms with Gasteiger partial charge < -0.3 is 23.7 Å². The highest BCUT2D eigenvalue weighted by Crippen LogP contribution is 2.29. The van der Waals surface area contributed by atoms with E-state index in [-0.39, 0.29) is 11.9 Å². The molecule has 180 valence electrons. The summed E-state index contributed by atoms with van der Waals surface area (Å²) in [5, 5.41) is 0. The Balaban J connectivity index is 1.60. The number of esters is 2. The lowest BCUT2D eigenvalue weighted by Gasteiger charge is -2.10. The molecule has 7 nitrogen and oxygen atoms in total. The summed E-state index contributed by atoms with van der Waals surface area (Å²) < 4.78 is 26.6. The number of hydrogen-bond donors (Lipinski definition) is 0. The topological polar surface area (TPSA) is 80.3 Å². The Morgan fingerprint density at radius 2 is 1.06 bits per heavy atom. The average Bonchev–Trinajstić information content (AvgIpc) is 2.78. The number of benzene rings is 2. The summed E-state index contributed by atoms with van der Waals surface area (Å²) in [5.41, 5.74) is 2.27. The SMILES string of the molecule is COc1cc(CCCCOCCCCc2ccc(OC(C)=O)c(OC)c2)ccc1OC(C)=O. The van der Waals surface area contributed by atoms with E-state index in [2.05, 4.69) is 0 Å². The van der Waals surface area contributed by atoms with Crippen LogP contribution in [0.1, 0.15) is 50.7 Å². The molecule has 0 aliphatic rings. The Kier molecular flexibility index (Phi) is 11.2. The van der Waals surface area contributed by atoms with Crippen LogP contribution in [0.4, 0.5) is 0 Å². The first-order chi connectivity index (χ1) is 15.9. The minimum atomic E-state index is -0.366. The van der Waals surface area contributed by atoms with Crippen LogP contribution in [0.15, 0.2) is 36.4 Å². The van der Waals surface area contributed by atoms with Crippen LogP contribution in [-0.4, -0.2) is 39.4 Å². The van der Waals surface area contributed by atoms with Gasteiger partial charge in [0, 0.05) is 27.1 Å². The summed E-state index contributed by atoms with van der Waals surface area (Å²) in [6, 6.07) is 11.3. The maximum atomic E-state index is 11.1. The number of ether oxygens (including phenoxy) is 5. The molecule has 0 bridgehead atoms. The van der Waals surface area contributed by atoms with Crippen molar-refractivity contribution in [2.24, 2.45) is 0 Å². The number of hydrogen-bond acceptors (Lipinski definition) is 7. The van der Waals surface area contributed by atoms with E-state index in [1.165, 1.54) is 13.8 Å². The Morgan fingerprint density at radius 3 is 1.42 bits per heavy atom. The quantitative estimate of drug-likeness (QED) is 0.226. The fourth-order valence-corrected chi connectivity index (χ4v) is 3.38. The van der Waals surface area contributed by atoms with E-state index in [4.69, 9.17) is 23.7 Å². The normalized spacial score (nSPS) is 10.5. The lowest BCUT2D eigenvalue weighted by atomic mass is 10.1. The lowest BCUT2D eigenvalue weighted by molar-refractivity contribution is -0.132. The van der Waals surface area contributed by atoms with Crippen molar-refractivity contribution in [2.45, 2.75) is 52.4 Å². The Labute approximate surface area is 195 Å². The molecule has 0 atom stereocenters. The third kappa shape index (κ3) is 9.53. The number of carbonyl (C=O) groups excluding carboxylic acids is 2. The second-order valence-electron chi connectivity index (χ2n) is 7.68. The number of carbonyl (C=O) groups is 2. The molecule has 0 aliphatic carbocycles. The van der Waals surface area contributed by atoms with Crippen molar-refractivity contribution in [2.75, 3.05) is 27.4 Å². The smallest absolute Gasteiger partial charge is 0.308 e. The standard InChI is InChI=1S/C26H34O7/c1-19(27)32-23-13-11-21(17-25(23)29-3)9-5-7-15-31-16-8-6-10-22-12-14-24(33-20(2)28)26(18-22)30-4/h11-14,17-18H,5-10,15-16H2,1-4H3. The number of rotatable bonds is 14. The van der Waals surface area contributed by atoms with Crippen molar-refractivity contribution >= 4 is 11.9 Å². The predicted molar refractivity (Wildman–Crippen MR) is 125 cm³/mol. The Morgan fingerprint density at radius 1 is 0.636 bits per heavy atom. The van der Waals surface area contributed by atoms with Gasteiger partial charge in [-0.1, -0.05) is 12.1 Å². The van der Waals surface area contributed by atoms with Crippen LogP contribution in [-0.2, 0) is 27.2 Å². The molecule has 0 aliphatic heterocycles. The molecule has 0 saturated heterocycles. The highest BCUT2D eigenvalue weighted by Gasteiger charge is 2.09. The Hall–Kier alpha value is -3.06. The number of unbranched alkanes of at least 4 members (excludes halogenated alkanes) is 2. The fourth-order valence-electron chi connectivity index (χ4n) is 3.38. The van der Waals surface area contributed by atoms with Gasteiger partial charge in [-0.15, -0.1) is 0 Å². The molecule has 0 spiro atoms.